The molecule has 6 nitrogen and oxygen atoms in total. The molecule has 0 spiro atoms. The summed E-state index contributed by atoms with van der Waals surface area (Å²) in [6, 6.07) is -1.45. The Kier molecular flexibility index (Phi) is 10.2. The Balaban J connectivity index is 0.00000625. The predicted molar refractivity (Wildman–Crippen MR) is 108 cm³/mol. The monoisotopic (exact) mass is 493 g/mol. The van der Waals surface area contributed by atoms with E-state index in [1.165, 1.54) is 11.8 Å². The van der Waals surface area contributed by atoms with Crippen LogP contribution in [-0.4, -0.2) is 78.7 Å². The van der Waals surface area contributed by atoms with Gasteiger partial charge in [-0.2, -0.15) is 13.2 Å². The lowest BCUT2D eigenvalue weighted by Crippen LogP contribution is -2.57. The van der Waals surface area contributed by atoms with Crippen molar-refractivity contribution in [1.29, 1.82) is 0 Å². The number of aliphatic imine (C=N–C) groups is 1. The van der Waals surface area contributed by atoms with Crippen LogP contribution < -0.4 is 10.6 Å². The smallest absolute Gasteiger partial charge is 0.357 e. The van der Waals surface area contributed by atoms with Crippen molar-refractivity contribution >= 4 is 35.8 Å². The molecule has 1 saturated heterocycles. The van der Waals surface area contributed by atoms with Gasteiger partial charge in [0.25, 0.3) is 0 Å². The van der Waals surface area contributed by atoms with Crippen molar-refractivity contribution in [3.63, 3.8) is 0 Å². The Morgan fingerprint density at radius 2 is 1.69 bits per heavy atom. The van der Waals surface area contributed by atoms with Gasteiger partial charge in [-0.3, -0.25) is 9.69 Å². The fourth-order valence-electron chi connectivity index (χ4n) is 2.56. The van der Waals surface area contributed by atoms with Crippen LogP contribution in [0.4, 0.5) is 13.2 Å². The summed E-state index contributed by atoms with van der Waals surface area (Å²) in [5.74, 6) is 0.373. The number of rotatable bonds is 4. The second-order valence-electron chi connectivity index (χ2n) is 7.21. The molecule has 1 aliphatic heterocycles. The fourth-order valence-corrected chi connectivity index (χ4v) is 2.56. The number of carbonyl (C=O) groups excluding carboxylic acids is 1. The fraction of sp³-hybridized carbons (Fsp3) is 0.875. The number of hydrogen-bond acceptors (Lipinski definition) is 3. The van der Waals surface area contributed by atoms with Crippen LogP contribution in [0, 0.1) is 0 Å². The normalized spacial score (nSPS) is 18.2. The Morgan fingerprint density at radius 1 is 1.15 bits per heavy atom. The third-order valence-electron chi connectivity index (χ3n) is 3.86. The molecular formula is C16H31F3IN5O. The minimum Gasteiger partial charge on any atom is -0.357 e. The number of halogens is 4. The van der Waals surface area contributed by atoms with E-state index in [0.717, 1.165) is 0 Å². The first-order valence-corrected chi connectivity index (χ1v) is 8.59. The molecular weight excluding hydrogens is 462 g/mol. The van der Waals surface area contributed by atoms with Gasteiger partial charge < -0.3 is 15.5 Å². The van der Waals surface area contributed by atoms with Crippen molar-refractivity contribution in [2.75, 3.05) is 39.3 Å². The highest BCUT2D eigenvalue weighted by Crippen LogP contribution is 2.25. The van der Waals surface area contributed by atoms with E-state index in [2.05, 4.69) is 15.6 Å². The third-order valence-corrected chi connectivity index (χ3v) is 3.86. The van der Waals surface area contributed by atoms with E-state index in [1.54, 1.807) is 0 Å². The molecule has 154 valence electrons. The van der Waals surface area contributed by atoms with Crippen LogP contribution in [0.3, 0.4) is 0 Å². The highest BCUT2D eigenvalue weighted by Gasteiger charge is 2.41. The Bertz CT molecular complexity index is 471. The number of nitrogens with zero attached hydrogens (tertiary/aromatic N) is 3. The van der Waals surface area contributed by atoms with Gasteiger partial charge in [0.15, 0.2) is 5.96 Å². The molecule has 0 bridgehead atoms. The lowest BCUT2D eigenvalue weighted by molar-refractivity contribution is -0.181. The number of carbonyl (C=O) groups is 1. The summed E-state index contributed by atoms with van der Waals surface area (Å²) in [4.78, 5) is 19.5. The maximum absolute atomic E-state index is 12.8. The van der Waals surface area contributed by atoms with Gasteiger partial charge in [-0.1, -0.05) is 0 Å². The zero-order chi connectivity index (χ0) is 19.3. The minimum atomic E-state index is -4.22. The average molecular weight is 493 g/mol. The zero-order valence-corrected chi connectivity index (χ0v) is 18.4. The second-order valence-corrected chi connectivity index (χ2v) is 7.21. The van der Waals surface area contributed by atoms with Crippen molar-refractivity contribution < 1.29 is 18.0 Å². The zero-order valence-electron chi connectivity index (χ0n) is 16.1. The number of alkyl halides is 3. The SMILES string of the molecule is CCNC(=NCC(=O)NC(C)(C)C)N1CCN(C(C)C(F)(F)F)CC1.I. The first-order valence-electron chi connectivity index (χ1n) is 8.59. The molecule has 26 heavy (non-hydrogen) atoms. The maximum atomic E-state index is 12.8. The number of guanidine groups is 1. The quantitative estimate of drug-likeness (QED) is 0.358. The minimum absolute atomic E-state index is 0. The van der Waals surface area contributed by atoms with Crippen molar-refractivity contribution in [1.82, 2.24) is 20.4 Å². The number of hydrogen-bond donors (Lipinski definition) is 2. The molecule has 1 heterocycles. The summed E-state index contributed by atoms with van der Waals surface area (Å²) in [6.45, 7) is 10.9. The first kappa shape index (κ1) is 25.2. The predicted octanol–water partition coefficient (Wildman–Crippen LogP) is 2.05. The molecule has 1 aliphatic rings. The Morgan fingerprint density at radius 3 is 2.12 bits per heavy atom. The molecule has 1 rings (SSSR count). The van der Waals surface area contributed by atoms with E-state index in [0.29, 0.717) is 38.7 Å². The molecule has 0 aromatic heterocycles. The average Bonchev–Trinajstić information content (AvgIpc) is 2.48. The summed E-state index contributed by atoms with van der Waals surface area (Å²) < 4.78 is 38.5. The molecule has 0 aromatic rings. The van der Waals surface area contributed by atoms with Gasteiger partial charge in [0.05, 0.1) is 0 Å². The molecule has 1 atom stereocenters. The van der Waals surface area contributed by atoms with Crippen LogP contribution in [0.2, 0.25) is 0 Å². The number of nitrogens with one attached hydrogen (secondary N) is 2. The number of piperazine rings is 1. The third kappa shape index (κ3) is 8.74. The van der Waals surface area contributed by atoms with Gasteiger partial charge in [-0.15, -0.1) is 24.0 Å². The van der Waals surface area contributed by atoms with E-state index in [1.807, 2.05) is 32.6 Å². The molecule has 0 aliphatic carbocycles. The lowest BCUT2D eigenvalue weighted by Gasteiger charge is -2.39. The second kappa shape index (κ2) is 10.5. The topological polar surface area (TPSA) is 60.0 Å². The van der Waals surface area contributed by atoms with E-state index in [9.17, 15) is 18.0 Å². The van der Waals surface area contributed by atoms with Crippen LogP contribution in [0.5, 0.6) is 0 Å². The van der Waals surface area contributed by atoms with Crippen molar-refractivity contribution in [3.8, 4) is 0 Å². The Labute approximate surface area is 171 Å². The maximum Gasteiger partial charge on any atom is 0.403 e. The van der Waals surface area contributed by atoms with E-state index in [4.69, 9.17) is 0 Å². The van der Waals surface area contributed by atoms with Crippen LogP contribution in [0.15, 0.2) is 4.99 Å². The first-order chi connectivity index (χ1) is 11.4. The molecule has 0 radical (unpaired) electrons. The van der Waals surface area contributed by atoms with E-state index >= 15 is 0 Å². The van der Waals surface area contributed by atoms with E-state index < -0.39 is 12.2 Å². The summed E-state index contributed by atoms with van der Waals surface area (Å²) in [6.07, 6.45) is -4.22. The van der Waals surface area contributed by atoms with Crippen LogP contribution in [0.1, 0.15) is 34.6 Å². The van der Waals surface area contributed by atoms with Crippen molar-refractivity contribution in [3.05, 3.63) is 0 Å². The van der Waals surface area contributed by atoms with Gasteiger partial charge >= 0.3 is 6.18 Å². The number of amides is 1. The molecule has 1 unspecified atom stereocenters. The summed E-state index contributed by atoms with van der Waals surface area (Å²) in [5, 5.41) is 5.93. The molecule has 10 heteroatoms. The highest BCUT2D eigenvalue weighted by atomic mass is 127. The summed E-state index contributed by atoms with van der Waals surface area (Å²) in [5.41, 5.74) is -0.329. The van der Waals surface area contributed by atoms with Gasteiger partial charge in [0.1, 0.15) is 12.6 Å². The van der Waals surface area contributed by atoms with Crippen LogP contribution >= 0.6 is 24.0 Å². The van der Waals surface area contributed by atoms with Crippen molar-refractivity contribution in [2.24, 2.45) is 4.99 Å². The molecule has 0 aromatic carbocycles. The van der Waals surface area contributed by atoms with Gasteiger partial charge in [0, 0.05) is 38.3 Å². The van der Waals surface area contributed by atoms with Crippen LogP contribution in [0.25, 0.3) is 0 Å². The molecule has 1 amide bonds. The van der Waals surface area contributed by atoms with Gasteiger partial charge in [-0.25, -0.2) is 4.99 Å². The highest BCUT2D eigenvalue weighted by molar-refractivity contribution is 14.0. The largest absolute Gasteiger partial charge is 0.403 e. The molecule has 1 fully saturated rings. The van der Waals surface area contributed by atoms with Crippen molar-refractivity contribution in [2.45, 2.75) is 52.4 Å². The van der Waals surface area contributed by atoms with E-state index in [-0.39, 0.29) is 42.0 Å². The van der Waals surface area contributed by atoms with Gasteiger partial charge in [-0.05, 0) is 34.6 Å². The van der Waals surface area contributed by atoms with Crippen LogP contribution in [-0.2, 0) is 4.79 Å². The molecule has 0 saturated carbocycles. The molecule has 2 N–H and O–H groups in total. The lowest BCUT2D eigenvalue weighted by atomic mass is 10.1. The standard InChI is InChI=1S/C16H30F3N5O.HI/c1-6-20-14(21-11-13(25)22-15(3,4)5)24-9-7-23(8-10-24)12(2)16(17,18)19;/h12H,6-11H2,1-5H3,(H,20,21)(H,22,25);1H. The Hall–Kier alpha value is -0.780. The summed E-state index contributed by atoms with van der Waals surface area (Å²) in [7, 11) is 0. The van der Waals surface area contributed by atoms with Gasteiger partial charge in [0.2, 0.25) is 5.91 Å². The summed E-state index contributed by atoms with van der Waals surface area (Å²) >= 11 is 0.